The second-order valence-electron chi connectivity index (χ2n) is 5.86. The molecule has 3 rings (SSSR count). The summed E-state index contributed by atoms with van der Waals surface area (Å²) in [6.07, 6.45) is -0.990. The van der Waals surface area contributed by atoms with Gasteiger partial charge < -0.3 is 14.4 Å². The van der Waals surface area contributed by atoms with E-state index in [4.69, 9.17) is 10.3 Å². The first-order valence-corrected chi connectivity index (χ1v) is 8.05. The molecular formula is C16H17N7O4. The summed E-state index contributed by atoms with van der Waals surface area (Å²) in [7, 11) is 1.43. The summed E-state index contributed by atoms with van der Waals surface area (Å²) in [5.74, 6) is -0.124. The Hall–Kier alpha value is -3.40. The van der Waals surface area contributed by atoms with Crippen molar-refractivity contribution >= 4 is 17.1 Å². The predicted octanol–water partition coefficient (Wildman–Crippen LogP) is 0.943. The summed E-state index contributed by atoms with van der Waals surface area (Å²) >= 11 is 0. The molecule has 0 saturated carbocycles. The molecule has 0 unspecified atom stereocenters. The van der Waals surface area contributed by atoms with Crippen molar-refractivity contribution in [3.8, 4) is 0 Å². The largest absolute Gasteiger partial charge is 0.389 e. The van der Waals surface area contributed by atoms with Gasteiger partial charge in [0.25, 0.3) is 5.56 Å². The lowest BCUT2D eigenvalue weighted by molar-refractivity contribution is 0.0210. The number of azide groups is 1. The van der Waals surface area contributed by atoms with Crippen molar-refractivity contribution in [1.29, 1.82) is 0 Å². The number of aromatic amines is 1. The van der Waals surface area contributed by atoms with Crippen LogP contribution in [0.2, 0.25) is 0 Å². The summed E-state index contributed by atoms with van der Waals surface area (Å²) in [6.45, 7) is 0.218. The Kier molecular flexibility index (Phi) is 5.36. The maximum atomic E-state index is 12.2. The van der Waals surface area contributed by atoms with Gasteiger partial charge in [-0.05, 0) is 16.2 Å². The Balaban J connectivity index is 1.83. The smallest absolute Gasteiger partial charge is 0.329 e. The predicted molar refractivity (Wildman–Crippen MR) is 96.5 cm³/mol. The Morgan fingerprint density at radius 3 is 2.81 bits per heavy atom. The van der Waals surface area contributed by atoms with Crippen LogP contribution in [-0.2, 0) is 24.9 Å². The van der Waals surface area contributed by atoms with Crippen LogP contribution in [0.1, 0.15) is 5.56 Å². The highest BCUT2D eigenvalue weighted by Crippen LogP contribution is 2.18. The zero-order valence-corrected chi connectivity index (χ0v) is 14.4. The quantitative estimate of drug-likeness (QED) is 0.360. The van der Waals surface area contributed by atoms with Crippen LogP contribution >= 0.6 is 0 Å². The maximum absolute atomic E-state index is 12.2. The minimum atomic E-state index is -0.990. The van der Waals surface area contributed by atoms with Gasteiger partial charge in [-0.2, -0.15) is 0 Å². The van der Waals surface area contributed by atoms with E-state index in [9.17, 15) is 14.7 Å². The van der Waals surface area contributed by atoms with E-state index in [-0.39, 0.29) is 30.3 Å². The van der Waals surface area contributed by atoms with Gasteiger partial charge in [-0.3, -0.25) is 14.3 Å². The topological polar surface area (TPSA) is 151 Å². The van der Waals surface area contributed by atoms with Crippen molar-refractivity contribution in [2.75, 3.05) is 6.61 Å². The molecule has 2 aromatic heterocycles. The number of hydrogen-bond acceptors (Lipinski definition) is 6. The molecule has 1 aromatic carbocycles. The summed E-state index contributed by atoms with van der Waals surface area (Å²) < 4.78 is 7.88. The van der Waals surface area contributed by atoms with Crippen molar-refractivity contribution in [1.82, 2.24) is 19.1 Å². The van der Waals surface area contributed by atoms with Crippen molar-refractivity contribution < 1.29 is 9.84 Å². The van der Waals surface area contributed by atoms with E-state index in [1.54, 1.807) is 0 Å². The minimum absolute atomic E-state index is 0.00601. The molecule has 0 saturated heterocycles. The van der Waals surface area contributed by atoms with Gasteiger partial charge in [0.2, 0.25) is 0 Å². The Bertz CT molecular complexity index is 1110. The number of fused-ring (bicyclic) bond motifs is 1. The second-order valence-corrected chi connectivity index (χ2v) is 5.86. The van der Waals surface area contributed by atoms with Gasteiger partial charge in [0.05, 0.1) is 25.9 Å². The summed E-state index contributed by atoms with van der Waals surface area (Å²) in [5.41, 5.74) is 8.45. The minimum Gasteiger partial charge on any atom is -0.389 e. The molecule has 11 nitrogen and oxygen atoms in total. The molecule has 0 bridgehead atoms. The lowest BCUT2D eigenvalue weighted by Gasteiger charge is -2.13. The number of benzene rings is 1. The molecular weight excluding hydrogens is 354 g/mol. The molecule has 2 heterocycles. The van der Waals surface area contributed by atoms with Crippen molar-refractivity contribution in [3.63, 3.8) is 0 Å². The van der Waals surface area contributed by atoms with E-state index in [2.05, 4.69) is 20.0 Å². The fourth-order valence-electron chi connectivity index (χ4n) is 2.66. The molecule has 2 N–H and O–H groups in total. The van der Waals surface area contributed by atoms with Crippen LogP contribution in [0.4, 0.5) is 5.95 Å². The van der Waals surface area contributed by atoms with E-state index >= 15 is 0 Å². The van der Waals surface area contributed by atoms with Gasteiger partial charge in [0.15, 0.2) is 17.1 Å². The zero-order chi connectivity index (χ0) is 19.4. The van der Waals surface area contributed by atoms with Crippen LogP contribution in [0.5, 0.6) is 0 Å². The van der Waals surface area contributed by atoms with Gasteiger partial charge in [0.1, 0.15) is 0 Å². The van der Waals surface area contributed by atoms with E-state index in [0.717, 1.165) is 10.1 Å². The normalized spacial score (nSPS) is 12.1. The third kappa shape index (κ3) is 3.90. The van der Waals surface area contributed by atoms with Gasteiger partial charge in [0, 0.05) is 12.0 Å². The summed E-state index contributed by atoms with van der Waals surface area (Å²) in [4.78, 5) is 32.8. The molecule has 0 radical (unpaired) electrons. The second kappa shape index (κ2) is 7.87. The van der Waals surface area contributed by atoms with E-state index in [1.165, 1.54) is 11.6 Å². The number of nitrogens with zero attached hydrogens (tertiary/aromatic N) is 6. The van der Waals surface area contributed by atoms with Gasteiger partial charge in [-0.1, -0.05) is 30.3 Å². The molecule has 3 aromatic rings. The molecule has 0 amide bonds. The first-order chi connectivity index (χ1) is 13.0. The number of aryl methyl sites for hydroxylation is 1. The fourth-order valence-corrected chi connectivity index (χ4v) is 2.66. The number of hydrogen-bond donors (Lipinski definition) is 2. The Labute approximate surface area is 152 Å². The van der Waals surface area contributed by atoms with Gasteiger partial charge in [-0.15, -0.1) is 0 Å². The monoisotopic (exact) mass is 371 g/mol. The van der Waals surface area contributed by atoms with Crippen molar-refractivity contribution in [2.45, 2.75) is 19.3 Å². The number of nitrogens with one attached hydrogen (secondary N) is 1. The van der Waals surface area contributed by atoms with Gasteiger partial charge in [-0.25, -0.2) is 9.78 Å². The lowest BCUT2D eigenvalue weighted by Crippen LogP contribution is -2.30. The highest BCUT2D eigenvalue weighted by Gasteiger charge is 2.19. The number of H-pyrrole nitrogens is 1. The average Bonchev–Trinajstić information content (AvgIpc) is 3.00. The van der Waals surface area contributed by atoms with Crippen LogP contribution in [0, 0.1) is 0 Å². The van der Waals surface area contributed by atoms with Crippen molar-refractivity contribution in [2.24, 2.45) is 12.2 Å². The first-order valence-electron chi connectivity index (χ1n) is 8.05. The number of aliphatic hydroxyl groups excluding tert-OH is 1. The number of aromatic nitrogens is 4. The van der Waals surface area contributed by atoms with Crippen LogP contribution in [0.15, 0.2) is 45.0 Å². The van der Waals surface area contributed by atoms with E-state index in [1.807, 2.05) is 30.3 Å². The zero-order valence-electron chi connectivity index (χ0n) is 14.4. The van der Waals surface area contributed by atoms with E-state index in [0.29, 0.717) is 6.61 Å². The molecule has 1 atom stereocenters. The summed E-state index contributed by atoms with van der Waals surface area (Å²) in [5, 5.41) is 13.7. The number of rotatable bonds is 7. The molecule has 0 spiro atoms. The molecule has 11 heteroatoms. The lowest BCUT2D eigenvalue weighted by atomic mass is 10.2. The highest BCUT2D eigenvalue weighted by molar-refractivity contribution is 5.73. The highest BCUT2D eigenvalue weighted by atomic mass is 16.5. The van der Waals surface area contributed by atoms with Crippen LogP contribution < -0.4 is 11.2 Å². The number of ether oxygens (including phenoxy) is 1. The summed E-state index contributed by atoms with van der Waals surface area (Å²) in [6, 6.07) is 9.46. The third-order valence-corrected chi connectivity index (χ3v) is 3.94. The third-order valence-electron chi connectivity index (χ3n) is 3.94. The number of aliphatic hydroxyl groups is 1. The molecule has 0 aliphatic carbocycles. The van der Waals surface area contributed by atoms with Gasteiger partial charge >= 0.3 is 5.69 Å². The van der Waals surface area contributed by atoms with Crippen LogP contribution in [0.3, 0.4) is 0 Å². The maximum Gasteiger partial charge on any atom is 0.329 e. The first kappa shape index (κ1) is 18.4. The number of imidazole rings is 1. The van der Waals surface area contributed by atoms with E-state index < -0.39 is 17.4 Å². The molecule has 0 aliphatic rings. The Morgan fingerprint density at radius 1 is 1.37 bits per heavy atom. The van der Waals surface area contributed by atoms with Crippen molar-refractivity contribution in [3.05, 3.63) is 67.2 Å². The Morgan fingerprint density at radius 2 is 2.11 bits per heavy atom. The molecule has 0 fully saturated rings. The van der Waals surface area contributed by atoms with Crippen LogP contribution in [0.25, 0.3) is 21.6 Å². The standard InChI is InChI=1S/C16H17N7O4/c1-22-13-12(14(25)19-16(22)26)23(15(18-13)20-21-17)7-11(24)9-27-8-10-5-3-2-4-6-10/h2-6,11,24H,7-9H2,1H3,(H,19,25,26)/t11-/m0/s1. The molecule has 0 aliphatic heterocycles. The fraction of sp³-hybridized carbons (Fsp3) is 0.312. The molecule has 27 heavy (non-hydrogen) atoms. The van der Waals surface area contributed by atoms with Crippen LogP contribution in [-0.4, -0.2) is 36.9 Å². The molecule has 140 valence electrons. The average molecular weight is 371 g/mol. The SMILES string of the molecule is Cn1c(=O)[nH]c(=O)c2c1nc(N=[N+]=[N-])n2C[C@H](O)COCc1ccccc1.